The first-order valence-corrected chi connectivity index (χ1v) is 3.53. The van der Waals surface area contributed by atoms with Gasteiger partial charge in [-0.25, -0.2) is 0 Å². The third-order valence-corrected chi connectivity index (χ3v) is 1.84. The van der Waals surface area contributed by atoms with Gasteiger partial charge in [0.05, 0.1) is 14.0 Å². The Kier molecular flexibility index (Phi) is 2.54. The minimum Gasteiger partial charge on any atom is -0.394 e. The number of hydrogen-bond donors (Lipinski definition) is 5. The van der Waals surface area contributed by atoms with Gasteiger partial charge in [-0.1, -0.05) is 0 Å². The quantitative estimate of drug-likeness (QED) is 0.289. The first kappa shape index (κ1) is 8.36. The number of nitrogens with two attached hydrogens (primary N) is 1. The van der Waals surface area contributed by atoms with Crippen LogP contribution >= 0.6 is 0 Å². The summed E-state index contributed by atoms with van der Waals surface area (Å²) >= 11 is 0. The van der Waals surface area contributed by atoms with Crippen LogP contribution in [0.4, 0.5) is 0 Å². The monoisotopic (exact) mass is 180 g/mol. The van der Waals surface area contributed by atoms with Crippen molar-refractivity contribution >= 4 is 0 Å². The van der Waals surface area contributed by atoms with Crippen molar-refractivity contribution in [3.63, 3.8) is 0 Å². The highest BCUT2D eigenvalue weighted by Gasteiger charge is 2.41. The zero-order valence-electron chi connectivity index (χ0n) is 7.29. The van der Waals surface area contributed by atoms with E-state index in [4.69, 9.17) is 17.3 Å². The molecule has 0 aromatic rings. The molecule has 0 amide bonds. The standard InChI is InChI=1S/C6H13NO5/c7-3-5(10)4(9)2(1-8)12-6(3)11/h2-6,8-11H,1,7H2/t2-,3-,4+,5-,6?/m1/s1/i6D. The van der Waals surface area contributed by atoms with E-state index in [9.17, 15) is 10.2 Å². The van der Waals surface area contributed by atoms with Gasteiger partial charge in [-0.2, -0.15) is 0 Å². The molecule has 1 rings (SSSR count). The van der Waals surface area contributed by atoms with Crippen LogP contribution in [0, 0.1) is 0 Å². The number of hydrogen-bond acceptors (Lipinski definition) is 6. The second-order valence-electron chi connectivity index (χ2n) is 2.68. The maximum absolute atomic E-state index is 9.24. The lowest BCUT2D eigenvalue weighted by Gasteiger charge is -2.38. The van der Waals surface area contributed by atoms with Crippen molar-refractivity contribution < 1.29 is 26.5 Å². The summed E-state index contributed by atoms with van der Waals surface area (Å²) in [7, 11) is 0. The van der Waals surface area contributed by atoms with Crippen molar-refractivity contribution in [1.82, 2.24) is 0 Å². The Morgan fingerprint density at radius 2 is 1.92 bits per heavy atom. The molecule has 1 aliphatic heterocycles. The number of ether oxygens (including phenoxy) is 1. The molecule has 5 atom stereocenters. The van der Waals surface area contributed by atoms with Gasteiger partial charge in [0.1, 0.15) is 18.3 Å². The fourth-order valence-electron chi connectivity index (χ4n) is 1.03. The van der Waals surface area contributed by atoms with E-state index in [-0.39, 0.29) is 0 Å². The Hall–Kier alpha value is -0.240. The highest BCUT2D eigenvalue weighted by molar-refractivity contribution is 4.90. The lowest BCUT2D eigenvalue weighted by atomic mass is 9.98. The first-order chi connectivity index (χ1) is 5.90. The smallest absolute Gasteiger partial charge is 0.173 e. The first-order valence-electron chi connectivity index (χ1n) is 4.03. The van der Waals surface area contributed by atoms with Gasteiger partial charge in [-0.05, 0) is 0 Å². The molecule has 0 spiro atoms. The van der Waals surface area contributed by atoms with E-state index in [1.807, 2.05) is 0 Å². The minimum atomic E-state index is -2.48. The van der Waals surface area contributed by atoms with Crippen LogP contribution in [-0.4, -0.2) is 57.7 Å². The van der Waals surface area contributed by atoms with E-state index in [1.165, 1.54) is 0 Å². The van der Waals surface area contributed by atoms with Gasteiger partial charge in [0.15, 0.2) is 6.27 Å². The minimum absolute atomic E-state index is 0.605. The third kappa shape index (κ3) is 1.58. The van der Waals surface area contributed by atoms with E-state index < -0.39 is 37.2 Å². The Morgan fingerprint density at radius 1 is 1.33 bits per heavy atom. The highest BCUT2D eigenvalue weighted by Crippen LogP contribution is 2.17. The summed E-state index contributed by atoms with van der Waals surface area (Å²) in [5, 5.41) is 36.3. The summed E-state index contributed by atoms with van der Waals surface area (Å²) < 4.78 is 11.7. The second-order valence-corrected chi connectivity index (χ2v) is 2.68. The summed E-state index contributed by atoms with van der Waals surface area (Å²) in [5.74, 6) is 0. The van der Waals surface area contributed by atoms with Crippen molar-refractivity contribution in [3.8, 4) is 0 Å². The molecule has 0 aromatic carbocycles. The van der Waals surface area contributed by atoms with Crippen LogP contribution in [0.5, 0.6) is 0 Å². The molecule has 1 fully saturated rings. The Morgan fingerprint density at radius 3 is 2.42 bits per heavy atom. The topological polar surface area (TPSA) is 116 Å². The van der Waals surface area contributed by atoms with Crippen molar-refractivity contribution in [3.05, 3.63) is 0 Å². The molecular weight excluding hydrogens is 166 g/mol. The SMILES string of the molecule is [2H]C1(O)O[C@H](CO)[C@H](O)[C@H](O)[C@H]1N. The molecule has 0 aromatic heterocycles. The van der Waals surface area contributed by atoms with Crippen molar-refractivity contribution in [2.75, 3.05) is 6.61 Å². The maximum Gasteiger partial charge on any atom is 0.173 e. The maximum atomic E-state index is 9.24. The largest absolute Gasteiger partial charge is 0.394 e. The van der Waals surface area contributed by atoms with Crippen LogP contribution in [0.25, 0.3) is 0 Å². The number of aliphatic hydroxyl groups is 4. The Labute approximate surface area is 70.6 Å². The van der Waals surface area contributed by atoms with Crippen LogP contribution < -0.4 is 5.73 Å². The predicted octanol–water partition coefficient (Wildman–Crippen LogP) is -3.26. The normalized spacial score (nSPS) is 56.6. The van der Waals surface area contributed by atoms with Crippen molar-refractivity contribution in [2.45, 2.75) is 30.6 Å². The van der Waals surface area contributed by atoms with Gasteiger partial charge >= 0.3 is 0 Å². The molecule has 6 heteroatoms. The van der Waals surface area contributed by atoms with Crippen LogP contribution in [0.15, 0.2) is 0 Å². The van der Waals surface area contributed by atoms with Crippen LogP contribution in [0.2, 0.25) is 0 Å². The van der Waals surface area contributed by atoms with Gasteiger partial charge in [-0.15, -0.1) is 0 Å². The molecule has 6 nitrogen and oxygen atoms in total. The zero-order valence-corrected chi connectivity index (χ0v) is 6.29. The van der Waals surface area contributed by atoms with Gasteiger partial charge in [0.25, 0.3) is 0 Å². The average Bonchev–Trinajstić information content (AvgIpc) is 2.08. The van der Waals surface area contributed by atoms with Gasteiger partial charge in [0, 0.05) is 0 Å². The molecule has 0 radical (unpaired) electrons. The van der Waals surface area contributed by atoms with E-state index in [0.717, 1.165) is 0 Å². The lowest BCUT2D eigenvalue weighted by molar-refractivity contribution is -0.248. The van der Waals surface area contributed by atoms with Gasteiger partial charge in [-0.3, -0.25) is 0 Å². The summed E-state index contributed by atoms with van der Waals surface area (Å²) in [6.45, 7) is -0.605. The summed E-state index contributed by atoms with van der Waals surface area (Å²) in [6, 6.07) is -1.43. The number of rotatable bonds is 1. The van der Waals surface area contributed by atoms with Crippen molar-refractivity contribution in [2.24, 2.45) is 5.73 Å². The molecule has 6 N–H and O–H groups in total. The summed E-state index contributed by atoms with van der Waals surface area (Å²) in [4.78, 5) is 0. The van der Waals surface area contributed by atoms with E-state index >= 15 is 0 Å². The van der Waals surface area contributed by atoms with E-state index in [1.54, 1.807) is 0 Å². The molecule has 1 aliphatic rings. The van der Waals surface area contributed by atoms with E-state index in [2.05, 4.69) is 4.74 Å². The highest BCUT2D eigenvalue weighted by atomic mass is 16.6. The molecule has 0 saturated carbocycles. The predicted molar refractivity (Wildman–Crippen MR) is 38.0 cm³/mol. The third-order valence-electron chi connectivity index (χ3n) is 1.84. The van der Waals surface area contributed by atoms with E-state index in [0.29, 0.717) is 0 Å². The zero-order chi connectivity index (χ0) is 10.2. The fraction of sp³-hybridized carbons (Fsp3) is 1.00. The lowest BCUT2D eigenvalue weighted by Crippen LogP contribution is -2.61. The molecule has 1 saturated heterocycles. The number of aliphatic hydroxyl groups excluding tert-OH is 3. The molecule has 0 bridgehead atoms. The second kappa shape index (κ2) is 3.65. The Balaban J connectivity index is 2.79. The van der Waals surface area contributed by atoms with Crippen LogP contribution in [-0.2, 0) is 4.74 Å². The van der Waals surface area contributed by atoms with Gasteiger partial charge < -0.3 is 30.9 Å². The molecule has 1 heterocycles. The molecule has 1 unspecified atom stereocenters. The molecule has 0 aliphatic carbocycles. The average molecular weight is 180 g/mol. The Bertz CT molecular complexity index is 188. The van der Waals surface area contributed by atoms with Crippen molar-refractivity contribution in [1.29, 1.82) is 0 Å². The molecular formula is C6H13NO5. The van der Waals surface area contributed by atoms with Gasteiger partial charge in [0.2, 0.25) is 0 Å². The molecule has 72 valence electrons. The molecule has 12 heavy (non-hydrogen) atoms. The summed E-state index contributed by atoms with van der Waals surface area (Å²) in [5.41, 5.74) is 5.21. The van der Waals surface area contributed by atoms with Crippen LogP contribution in [0.1, 0.15) is 1.37 Å². The summed E-state index contributed by atoms with van der Waals surface area (Å²) in [6.07, 6.45) is -6.57. The fourth-order valence-corrected chi connectivity index (χ4v) is 1.03. The van der Waals surface area contributed by atoms with Crippen LogP contribution in [0.3, 0.4) is 0 Å².